The van der Waals surface area contributed by atoms with E-state index in [1.165, 1.54) is 0 Å². The minimum atomic E-state index is -0.356. The summed E-state index contributed by atoms with van der Waals surface area (Å²) in [5.41, 5.74) is 3.02. The molecule has 1 fully saturated rings. The molecule has 3 rings (SSSR count). The van der Waals surface area contributed by atoms with E-state index >= 15 is 0 Å². The molecule has 0 unspecified atom stereocenters. The van der Waals surface area contributed by atoms with Gasteiger partial charge in [-0.25, -0.2) is 0 Å². The van der Waals surface area contributed by atoms with E-state index < -0.39 is 0 Å². The van der Waals surface area contributed by atoms with Gasteiger partial charge >= 0.3 is 0 Å². The van der Waals surface area contributed by atoms with Crippen molar-refractivity contribution in [2.24, 2.45) is 0 Å². The number of pyridine rings is 1. The average molecular weight is 401 g/mol. The molecule has 1 atom stereocenters. The SMILES string of the molecule is COc1cc(C(C)(C)C)ccc1C(=C[C@H]1CCC(=O)N1)c1ccc(Cl)c(=O)[nH]1. The first-order chi connectivity index (χ1) is 13.2. The number of H-pyrrole nitrogens is 1. The van der Waals surface area contributed by atoms with Gasteiger partial charge in [0.1, 0.15) is 10.8 Å². The quantitative estimate of drug-likeness (QED) is 0.813. The van der Waals surface area contributed by atoms with Gasteiger partial charge in [-0.1, -0.05) is 50.6 Å². The molecule has 28 heavy (non-hydrogen) atoms. The smallest absolute Gasteiger partial charge is 0.267 e. The highest BCUT2D eigenvalue weighted by Gasteiger charge is 2.23. The molecule has 1 saturated heterocycles. The Morgan fingerprint density at radius 1 is 1.21 bits per heavy atom. The number of nitrogens with one attached hydrogen (secondary N) is 2. The van der Waals surface area contributed by atoms with Crippen LogP contribution in [-0.4, -0.2) is 24.0 Å². The van der Waals surface area contributed by atoms with E-state index in [1.54, 1.807) is 19.2 Å². The summed E-state index contributed by atoms with van der Waals surface area (Å²) in [6.45, 7) is 6.43. The van der Waals surface area contributed by atoms with Crippen molar-refractivity contribution in [1.82, 2.24) is 10.3 Å². The van der Waals surface area contributed by atoms with E-state index in [0.29, 0.717) is 24.3 Å². The summed E-state index contributed by atoms with van der Waals surface area (Å²) in [7, 11) is 1.63. The topological polar surface area (TPSA) is 71.2 Å². The lowest BCUT2D eigenvalue weighted by atomic mass is 9.85. The number of ether oxygens (including phenoxy) is 1. The van der Waals surface area contributed by atoms with Crippen LogP contribution in [-0.2, 0) is 10.2 Å². The van der Waals surface area contributed by atoms with E-state index in [9.17, 15) is 9.59 Å². The Labute approximate surface area is 169 Å². The van der Waals surface area contributed by atoms with Crippen LogP contribution in [0.4, 0.5) is 0 Å². The number of carbonyl (C=O) groups is 1. The minimum absolute atomic E-state index is 0.0241. The van der Waals surface area contributed by atoms with E-state index in [4.69, 9.17) is 16.3 Å². The molecule has 1 aliphatic rings. The maximum atomic E-state index is 12.1. The van der Waals surface area contributed by atoms with E-state index in [-0.39, 0.29) is 27.9 Å². The standard InChI is InChI=1S/C22H25ClN2O3/c1-22(2,3)13-5-7-15(19(11-13)28-4)16(12-14-6-10-20(26)24-14)18-9-8-17(23)21(27)25-18/h5,7-9,11-12,14H,6,10H2,1-4H3,(H,24,26)(H,25,27)/t14-/m1/s1. The fraction of sp³-hybridized carbons (Fsp3) is 0.364. The number of hydrogen-bond donors (Lipinski definition) is 2. The van der Waals surface area contributed by atoms with Gasteiger partial charge in [0.25, 0.3) is 5.56 Å². The lowest BCUT2D eigenvalue weighted by Crippen LogP contribution is -2.23. The molecule has 0 radical (unpaired) electrons. The van der Waals surface area contributed by atoms with Crippen molar-refractivity contribution in [2.45, 2.75) is 45.1 Å². The van der Waals surface area contributed by atoms with E-state index in [0.717, 1.165) is 16.7 Å². The summed E-state index contributed by atoms with van der Waals surface area (Å²) >= 11 is 5.91. The number of aromatic nitrogens is 1. The van der Waals surface area contributed by atoms with Crippen molar-refractivity contribution >= 4 is 23.1 Å². The lowest BCUT2D eigenvalue weighted by molar-refractivity contribution is -0.119. The van der Waals surface area contributed by atoms with Crippen LogP contribution in [0.3, 0.4) is 0 Å². The van der Waals surface area contributed by atoms with Gasteiger partial charge in [0.15, 0.2) is 0 Å². The zero-order valence-electron chi connectivity index (χ0n) is 16.6. The van der Waals surface area contributed by atoms with Gasteiger partial charge in [0.05, 0.1) is 7.11 Å². The van der Waals surface area contributed by atoms with Crippen LogP contribution in [0.1, 0.15) is 50.4 Å². The third-order valence-electron chi connectivity index (χ3n) is 4.91. The van der Waals surface area contributed by atoms with Gasteiger partial charge in [-0.05, 0) is 35.6 Å². The second-order valence-corrected chi connectivity index (χ2v) is 8.41. The molecule has 6 heteroatoms. The van der Waals surface area contributed by atoms with Crippen molar-refractivity contribution in [2.75, 3.05) is 7.11 Å². The normalized spacial score (nSPS) is 17.5. The Hall–Kier alpha value is -2.53. The van der Waals surface area contributed by atoms with Crippen molar-refractivity contribution in [3.8, 4) is 5.75 Å². The number of methoxy groups -OCH3 is 1. The predicted octanol–water partition coefficient (Wildman–Crippen LogP) is 4.04. The molecular formula is C22H25ClN2O3. The Balaban J connectivity index is 2.16. The molecule has 5 nitrogen and oxygen atoms in total. The summed E-state index contributed by atoms with van der Waals surface area (Å²) in [4.78, 5) is 26.6. The highest BCUT2D eigenvalue weighted by Crippen LogP contribution is 2.35. The number of amides is 1. The lowest BCUT2D eigenvalue weighted by Gasteiger charge is -2.22. The Morgan fingerprint density at radius 3 is 2.54 bits per heavy atom. The van der Waals surface area contributed by atoms with Gasteiger partial charge in [-0.3, -0.25) is 9.59 Å². The van der Waals surface area contributed by atoms with Crippen molar-refractivity contribution in [1.29, 1.82) is 0 Å². The molecule has 2 N–H and O–H groups in total. The van der Waals surface area contributed by atoms with Gasteiger partial charge < -0.3 is 15.0 Å². The summed E-state index contributed by atoms with van der Waals surface area (Å²) in [6.07, 6.45) is 3.17. The van der Waals surface area contributed by atoms with Gasteiger partial charge in [0.2, 0.25) is 5.91 Å². The van der Waals surface area contributed by atoms with E-state index in [2.05, 4.69) is 37.1 Å². The Morgan fingerprint density at radius 2 is 1.96 bits per heavy atom. The van der Waals surface area contributed by atoms with Crippen LogP contribution in [0.2, 0.25) is 5.02 Å². The second-order valence-electron chi connectivity index (χ2n) is 8.01. The number of benzene rings is 1. The first kappa shape index (κ1) is 20.2. The molecule has 1 aromatic carbocycles. The molecule has 2 aromatic rings. The summed E-state index contributed by atoms with van der Waals surface area (Å²) in [5.74, 6) is 0.735. The van der Waals surface area contributed by atoms with Crippen LogP contribution in [0.15, 0.2) is 41.2 Å². The summed E-state index contributed by atoms with van der Waals surface area (Å²) in [5, 5.41) is 3.08. The third-order valence-corrected chi connectivity index (χ3v) is 5.20. The number of halogens is 1. The van der Waals surface area contributed by atoms with E-state index in [1.807, 2.05) is 18.2 Å². The first-order valence-corrected chi connectivity index (χ1v) is 9.66. The van der Waals surface area contributed by atoms with Crippen LogP contribution in [0.5, 0.6) is 5.75 Å². The second kappa shape index (κ2) is 7.84. The number of hydrogen-bond acceptors (Lipinski definition) is 3. The maximum Gasteiger partial charge on any atom is 0.267 e. The molecule has 0 spiro atoms. The fourth-order valence-corrected chi connectivity index (χ4v) is 3.39. The Kier molecular flexibility index (Phi) is 5.66. The van der Waals surface area contributed by atoms with Gasteiger partial charge in [-0.2, -0.15) is 0 Å². The van der Waals surface area contributed by atoms with Crippen molar-refractivity contribution in [3.63, 3.8) is 0 Å². The van der Waals surface area contributed by atoms with Crippen LogP contribution >= 0.6 is 11.6 Å². The monoisotopic (exact) mass is 400 g/mol. The van der Waals surface area contributed by atoms with Gasteiger partial charge in [0, 0.05) is 29.3 Å². The van der Waals surface area contributed by atoms with Crippen LogP contribution in [0.25, 0.3) is 5.57 Å². The third kappa shape index (κ3) is 4.30. The van der Waals surface area contributed by atoms with Gasteiger partial charge in [-0.15, -0.1) is 0 Å². The molecule has 0 aliphatic carbocycles. The highest BCUT2D eigenvalue weighted by molar-refractivity contribution is 6.30. The molecule has 0 saturated carbocycles. The average Bonchev–Trinajstić information content (AvgIpc) is 3.06. The predicted molar refractivity (Wildman–Crippen MR) is 112 cm³/mol. The zero-order valence-corrected chi connectivity index (χ0v) is 17.3. The number of carbonyl (C=O) groups excluding carboxylic acids is 1. The highest BCUT2D eigenvalue weighted by atomic mass is 35.5. The van der Waals surface area contributed by atoms with Crippen molar-refractivity contribution in [3.05, 3.63) is 68.6 Å². The minimum Gasteiger partial charge on any atom is -0.496 e. The largest absolute Gasteiger partial charge is 0.496 e. The molecule has 1 amide bonds. The fourth-order valence-electron chi connectivity index (χ4n) is 3.28. The molecule has 2 heterocycles. The number of rotatable bonds is 4. The zero-order chi connectivity index (χ0) is 20.5. The summed E-state index contributed by atoms with van der Waals surface area (Å²) in [6, 6.07) is 9.32. The molecule has 0 bridgehead atoms. The summed E-state index contributed by atoms with van der Waals surface area (Å²) < 4.78 is 5.68. The number of aromatic amines is 1. The van der Waals surface area contributed by atoms with Crippen LogP contribution in [0, 0.1) is 0 Å². The molecule has 1 aromatic heterocycles. The van der Waals surface area contributed by atoms with Crippen molar-refractivity contribution < 1.29 is 9.53 Å². The van der Waals surface area contributed by atoms with Crippen LogP contribution < -0.4 is 15.6 Å². The molecule has 1 aliphatic heterocycles. The maximum absolute atomic E-state index is 12.1. The first-order valence-electron chi connectivity index (χ1n) is 9.28. The molecular weight excluding hydrogens is 376 g/mol. The molecule has 148 valence electrons. The Bertz CT molecular complexity index is 986.